The van der Waals surface area contributed by atoms with Crippen LogP contribution in [0.1, 0.15) is 11.1 Å². The molecule has 0 amide bonds. The van der Waals surface area contributed by atoms with Crippen LogP contribution in [-0.4, -0.2) is 66.1 Å². The SMILES string of the molecule is C(C#CCOCC#CCOCC#CCOCc1ccccc1)#CCOCC#CCOCC#CCOCc1ccccc1. The predicted molar refractivity (Wildman–Crippen MR) is 162 cm³/mol. The Morgan fingerprint density at radius 1 is 0.310 bits per heavy atom. The van der Waals surface area contributed by atoms with Gasteiger partial charge in [-0.05, 0) is 23.0 Å². The van der Waals surface area contributed by atoms with Crippen molar-refractivity contribution in [1.82, 2.24) is 0 Å². The predicted octanol–water partition coefficient (Wildman–Crippen LogP) is 3.51. The summed E-state index contributed by atoms with van der Waals surface area (Å²) in [6, 6.07) is 19.9. The zero-order chi connectivity index (χ0) is 29.4. The first-order valence-corrected chi connectivity index (χ1v) is 13.3. The number of benzene rings is 2. The smallest absolute Gasteiger partial charge is 0.110 e. The summed E-state index contributed by atoms with van der Waals surface area (Å²) < 4.78 is 32.2. The van der Waals surface area contributed by atoms with Crippen molar-refractivity contribution in [2.75, 3.05) is 66.1 Å². The Bertz CT molecular complexity index is 1260. The van der Waals surface area contributed by atoms with E-state index in [0.29, 0.717) is 39.6 Å². The van der Waals surface area contributed by atoms with E-state index in [1.54, 1.807) is 0 Å². The average molecular weight is 563 g/mol. The minimum Gasteiger partial charge on any atom is -0.364 e. The van der Waals surface area contributed by atoms with Gasteiger partial charge in [0, 0.05) is 0 Å². The van der Waals surface area contributed by atoms with E-state index in [1.807, 2.05) is 60.7 Å². The Labute approximate surface area is 250 Å². The molecule has 0 unspecified atom stereocenters. The molecule has 0 fully saturated rings. The van der Waals surface area contributed by atoms with Crippen LogP contribution in [0.15, 0.2) is 60.7 Å². The first-order valence-electron chi connectivity index (χ1n) is 13.3. The van der Waals surface area contributed by atoms with Gasteiger partial charge in [-0.2, -0.15) is 0 Å². The molecule has 214 valence electrons. The summed E-state index contributed by atoms with van der Waals surface area (Å²) in [7, 11) is 0. The monoisotopic (exact) mass is 562 g/mol. The Hall–Kier alpha value is -4.44. The third-order valence-electron chi connectivity index (χ3n) is 4.70. The van der Waals surface area contributed by atoms with Gasteiger partial charge in [0.15, 0.2) is 0 Å². The molecule has 2 aromatic rings. The molecule has 0 N–H and O–H groups in total. The molecule has 2 rings (SSSR count). The first kappa shape index (κ1) is 33.8. The molecule has 0 radical (unpaired) electrons. The van der Waals surface area contributed by atoms with Gasteiger partial charge in [-0.25, -0.2) is 0 Å². The van der Waals surface area contributed by atoms with Gasteiger partial charge in [0.05, 0.1) is 13.2 Å². The lowest BCUT2D eigenvalue weighted by Crippen LogP contribution is -1.96. The average Bonchev–Trinajstić information content (AvgIpc) is 3.03. The maximum atomic E-state index is 5.47. The molecular formula is C36H34O6. The van der Waals surface area contributed by atoms with Gasteiger partial charge in [0.2, 0.25) is 0 Å². The normalized spacial score (nSPS) is 9.05. The van der Waals surface area contributed by atoms with Crippen molar-refractivity contribution < 1.29 is 28.4 Å². The van der Waals surface area contributed by atoms with Gasteiger partial charge in [-0.15, -0.1) is 0 Å². The molecule has 6 nitrogen and oxygen atoms in total. The van der Waals surface area contributed by atoms with Gasteiger partial charge in [0.1, 0.15) is 66.1 Å². The molecule has 42 heavy (non-hydrogen) atoms. The summed E-state index contributed by atoms with van der Waals surface area (Å²) in [5.74, 6) is 34.0. The summed E-state index contributed by atoms with van der Waals surface area (Å²) in [5.41, 5.74) is 2.25. The fraction of sp³-hybridized carbons (Fsp3) is 0.333. The molecule has 0 aliphatic heterocycles. The fourth-order valence-corrected chi connectivity index (χ4v) is 2.77. The van der Waals surface area contributed by atoms with Crippen LogP contribution in [0.25, 0.3) is 0 Å². The van der Waals surface area contributed by atoms with Crippen molar-refractivity contribution in [1.29, 1.82) is 0 Å². The minimum atomic E-state index is 0.246. The second-order valence-corrected chi connectivity index (χ2v) is 7.95. The van der Waals surface area contributed by atoms with E-state index < -0.39 is 0 Å². The highest BCUT2D eigenvalue weighted by Crippen LogP contribution is 2.00. The van der Waals surface area contributed by atoms with Crippen molar-refractivity contribution in [2.24, 2.45) is 0 Å². The van der Waals surface area contributed by atoms with Crippen molar-refractivity contribution in [3.8, 4) is 71.0 Å². The molecule has 0 heterocycles. The van der Waals surface area contributed by atoms with Crippen LogP contribution in [0.2, 0.25) is 0 Å². The van der Waals surface area contributed by atoms with E-state index in [-0.39, 0.29) is 39.6 Å². The van der Waals surface area contributed by atoms with Crippen LogP contribution < -0.4 is 0 Å². The highest BCUT2D eigenvalue weighted by Gasteiger charge is 1.90. The van der Waals surface area contributed by atoms with Crippen LogP contribution >= 0.6 is 0 Å². The quantitative estimate of drug-likeness (QED) is 0.260. The molecule has 0 saturated heterocycles. The standard InChI is InChI=1S/C36H34O6/c1(9-23-37-25-11-13-27-39-29-15-17-31-41-33-35-19-5-3-6-20-35)2-10-24-38-26-12-14-28-40-30-16-18-32-42-34-36-21-7-4-8-22-36/h3-8,19-22H,23-34H2. The summed E-state index contributed by atoms with van der Waals surface area (Å²) in [5, 5.41) is 0. The van der Waals surface area contributed by atoms with Gasteiger partial charge < -0.3 is 28.4 Å². The summed E-state index contributed by atoms with van der Waals surface area (Å²) in [4.78, 5) is 0. The van der Waals surface area contributed by atoms with Crippen molar-refractivity contribution >= 4 is 0 Å². The molecule has 0 aliphatic rings. The number of hydrogen-bond donors (Lipinski definition) is 0. The van der Waals surface area contributed by atoms with Crippen LogP contribution in [0.4, 0.5) is 0 Å². The van der Waals surface area contributed by atoms with Crippen molar-refractivity contribution in [2.45, 2.75) is 13.2 Å². The third kappa shape index (κ3) is 21.4. The number of ether oxygens (including phenoxy) is 6. The zero-order valence-electron chi connectivity index (χ0n) is 23.7. The Morgan fingerprint density at radius 3 is 0.881 bits per heavy atom. The Kier molecular flexibility index (Phi) is 21.5. The van der Waals surface area contributed by atoms with Gasteiger partial charge in [-0.1, -0.05) is 120 Å². The van der Waals surface area contributed by atoms with Crippen LogP contribution in [0, 0.1) is 71.0 Å². The lowest BCUT2D eigenvalue weighted by molar-refractivity contribution is 0.153. The van der Waals surface area contributed by atoms with Crippen molar-refractivity contribution in [3.63, 3.8) is 0 Å². The van der Waals surface area contributed by atoms with Gasteiger partial charge >= 0.3 is 0 Å². The highest BCUT2D eigenvalue weighted by molar-refractivity contribution is 5.26. The highest BCUT2D eigenvalue weighted by atomic mass is 16.5. The molecule has 0 aromatic heterocycles. The molecule has 0 bridgehead atoms. The maximum Gasteiger partial charge on any atom is 0.110 e. The number of hydrogen-bond acceptors (Lipinski definition) is 6. The summed E-state index contributed by atoms with van der Waals surface area (Å²) >= 11 is 0. The summed E-state index contributed by atoms with van der Waals surface area (Å²) in [6.07, 6.45) is 0. The van der Waals surface area contributed by atoms with E-state index in [0.717, 1.165) is 11.1 Å². The third-order valence-corrected chi connectivity index (χ3v) is 4.70. The molecule has 0 atom stereocenters. The molecular weight excluding hydrogens is 528 g/mol. The zero-order valence-corrected chi connectivity index (χ0v) is 23.7. The van der Waals surface area contributed by atoms with Crippen LogP contribution in [-0.2, 0) is 41.6 Å². The Morgan fingerprint density at radius 2 is 0.571 bits per heavy atom. The molecule has 2 aromatic carbocycles. The van der Waals surface area contributed by atoms with Crippen LogP contribution in [0.3, 0.4) is 0 Å². The van der Waals surface area contributed by atoms with Gasteiger partial charge in [-0.3, -0.25) is 0 Å². The lowest BCUT2D eigenvalue weighted by Gasteiger charge is -1.99. The van der Waals surface area contributed by atoms with E-state index in [9.17, 15) is 0 Å². The number of rotatable bonds is 14. The molecule has 0 aliphatic carbocycles. The van der Waals surface area contributed by atoms with Gasteiger partial charge in [0.25, 0.3) is 0 Å². The Balaban J connectivity index is 1.33. The second kappa shape index (κ2) is 26.8. The van der Waals surface area contributed by atoms with Crippen molar-refractivity contribution in [3.05, 3.63) is 71.8 Å². The topological polar surface area (TPSA) is 55.4 Å². The van der Waals surface area contributed by atoms with E-state index in [4.69, 9.17) is 28.4 Å². The van der Waals surface area contributed by atoms with E-state index in [1.165, 1.54) is 0 Å². The largest absolute Gasteiger partial charge is 0.364 e. The molecule has 0 saturated carbocycles. The molecule has 6 heteroatoms. The fourth-order valence-electron chi connectivity index (χ4n) is 2.77. The minimum absolute atomic E-state index is 0.246. The van der Waals surface area contributed by atoms with E-state index in [2.05, 4.69) is 71.0 Å². The first-order chi connectivity index (χ1) is 20.9. The maximum absolute atomic E-state index is 5.47. The lowest BCUT2D eigenvalue weighted by atomic mass is 10.2. The van der Waals surface area contributed by atoms with Crippen LogP contribution in [0.5, 0.6) is 0 Å². The summed E-state index contributed by atoms with van der Waals surface area (Å²) in [6.45, 7) is 4.05. The van der Waals surface area contributed by atoms with E-state index >= 15 is 0 Å². The second-order valence-electron chi connectivity index (χ2n) is 7.95. The molecule has 0 spiro atoms.